The molecule has 8 nitrogen and oxygen atoms in total. The highest BCUT2D eigenvalue weighted by atomic mass is 19.1. The van der Waals surface area contributed by atoms with E-state index < -0.39 is 17.8 Å². The lowest BCUT2D eigenvalue weighted by atomic mass is 10.1. The summed E-state index contributed by atoms with van der Waals surface area (Å²) in [6.45, 7) is 1.84. The van der Waals surface area contributed by atoms with Crippen molar-refractivity contribution in [1.82, 2.24) is 5.32 Å². The first-order valence-electron chi connectivity index (χ1n) is 9.35. The number of nitrogens with two attached hydrogens (primary N) is 1. The van der Waals surface area contributed by atoms with E-state index in [4.69, 9.17) is 30.5 Å². The van der Waals surface area contributed by atoms with E-state index in [1.54, 1.807) is 31.2 Å². The normalized spacial score (nSPS) is 11.6. The number of nitrogen functional groups attached to an aromatic ring is 1. The van der Waals surface area contributed by atoms with Crippen LogP contribution in [0, 0.1) is 11.2 Å². The van der Waals surface area contributed by atoms with Crippen LogP contribution in [0.3, 0.4) is 0 Å². The lowest BCUT2D eigenvalue weighted by molar-refractivity contribution is -0.133. The molecule has 0 aliphatic rings. The molecule has 5 N–H and O–H groups in total. The molecule has 0 heterocycles. The number of hydrogen-bond acceptors (Lipinski definition) is 6. The number of nitrogens with one attached hydrogen (secondary N) is 2. The maximum Gasteiger partial charge on any atom is 0.254 e. The summed E-state index contributed by atoms with van der Waals surface area (Å²) in [5.41, 5.74) is 6.65. The monoisotopic (exact) mass is 419 g/mol. The van der Waals surface area contributed by atoms with Gasteiger partial charge in [0.05, 0.1) is 13.7 Å². The van der Waals surface area contributed by atoms with Crippen LogP contribution in [0.5, 0.6) is 11.5 Å². The minimum atomic E-state index is -1.14. The van der Waals surface area contributed by atoms with Crippen LogP contribution in [-0.4, -0.2) is 43.8 Å². The molecule has 0 saturated heterocycles. The van der Waals surface area contributed by atoms with Crippen LogP contribution in [0.2, 0.25) is 0 Å². The van der Waals surface area contributed by atoms with E-state index in [0.29, 0.717) is 22.6 Å². The second-order valence-corrected chi connectivity index (χ2v) is 6.25. The van der Waals surface area contributed by atoms with Crippen molar-refractivity contribution >= 4 is 11.7 Å². The molecule has 0 saturated carbocycles. The van der Waals surface area contributed by atoms with Crippen molar-refractivity contribution in [1.29, 1.82) is 5.41 Å². The number of methoxy groups -OCH3 is 1. The molecule has 1 atom stereocenters. The SMILES string of the molecule is CCO[C@H](C(=O)NCc1ccc(C(=N)N)cc1OCCO)c1ccc(OC)cc1F. The first-order valence-corrected chi connectivity index (χ1v) is 9.35. The number of carbonyl (C=O) groups excluding carboxylic acids is 1. The minimum Gasteiger partial charge on any atom is -0.497 e. The van der Waals surface area contributed by atoms with Crippen molar-refractivity contribution in [3.8, 4) is 11.5 Å². The number of hydrogen-bond donors (Lipinski definition) is 4. The van der Waals surface area contributed by atoms with Gasteiger partial charge in [-0.1, -0.05) is 12.1 Å². The number of aliphatic hydroxyl groups is 1. The lowest BCUT2D eigenvalue weighted by Crippen LogP contribution is -2.31. The molecule has 0 fully saturated rings. The third-order valence-corrected chi connectivity index (χ3v) is 4.24. The summed E-state index contributed by atoms with van der Waals surface area (Å²) in [6.07, 6.45) is -1.14. The van der Waals surface area contributed by atoms with Crippen molar-refractivity contribution in [2.45, 2.75) is 19.6 Å². The Morgan fingerprint density at radius 2 is 2.07 bits per heavy atom. The zero-order valence-electron chi connectivity index (χ0n) is 16.9. The third-order valence-electron chi connectivity index (χ3n) is 4.24. The molecule has 0 radical (unpaired) electrons. The average Bonchev–Trinajstić information content (AvgIpc) is 2.74. The van der Waals surface area contributed by atoms with Crippen LogP contribution >= 0.6 is 0 Å². The molecular formula is C21H26FN3O5. The van der Waals surface area contributed by atoms with Gasteiger partial charge in [-0.25, -0.2) is 4.39 Å². The van der Waals surface area contributed by atoms with Gasteiger partial charge in [0.1, 0.15) is 29.8 Å². The number of ether oxygens (including phenoxy) is 3. The van der Waals surface area contributed by atoms with Crippen molar-refractivity contribution in [3.05, 3.63) is 58.9 Å². The predicted molar refractivity (Wildman–Crippen MR) is 109 cm³/mol. The topological polar surface area (TPSA) is 127 Å². The van der Waals surface area contributed by atoms with Gasteiger partial charge in [-0.05, 0) is 25.1 Å². The van der Waals surface area contributed by atoms with E-state index in [9.17, 15) is 9.18 Å². The quantitative estimate of drug-likeness (QED) is 0.325. The highest BCUT2D eigenvalue weighted by Crippen LogP contribution is 2.26. The molecule has 2 aromatic rings. The lowest BCUT2D eigenvalue weighted by Gasteiger charge is -2.19. The van der Waals surface area contributed by atoms with Gasteiger partial charge in [-0.15, -0.1) is 0 Å². The van der Waals surface area contributed by atoms with E-state index in [-0.39, 0.29) is 37.8 Å². The Kier molecular flexibility index (Phi) is 8.57. The summed E-state index contributed by atoms with van der Waals surface area (Å²) in [5.74, 6) is -0.556. The summed E-state index contributed by atoms with van der Waals surface area (Å²) in [7, 11) is 1.43. The molecule has 2 aromatic carbocycles. The minimum absolute atomic E-state index is 0.0426. The van der Waals surface area contributed by atoms with Crippen LogP contribution in [-0.2, 0) is 16.1 Å². The number of aliphatic hydroxyl groups excluding tert-OH is 1. The summed E-state index contributed by atoms with van der Waals surface area (Å²) in [4.78, 5) is 12.7. The Bertz CT molecular complexity index is 891. The summed E-state index contributed by atoms with van der Waals surface area (Å²) in [6, 6.07) is 9.04. The first-order chi connectivity index (χ1) is 14.4. The Hall–Kier alpha value is -3.17. The van der Waals surface area contributed by atoms with Crippen molar-refractivity contribution < 1.29 is 28.5 Å². The Balaban J connectivity index is 2.20. The van der Waals surface area contributed by atoms with Crippen LogP contribution in [0.25, 0.3) is 0 Å². The average molecular weight is 419 g/mol. The fourth-order valence-electron chi connectivity index (χ4n) is 2.75. The smallest absolute Gasteiger partial charge is 0.254 e. The molecule has 1 amide bonds. The molecule has 30 heavy (non-hydrogen) atoms. The largest absolute Gasteiger partial charge is 0.497 e. The molecule has 2 rings (SSSR count). The van der Waals surface area contributed by atoms with Gasteiger partial charge >= 0.3 is 0 Å². The van der Waals surface area contributed by atoms with Crippen molar-refractivity contribution in [3.63, 3.8) is 0 Å². The molecule has 162 valence electrons. The number of amides is 1. The van der Waals surface area contributed by atoms with Gasteiger partial charge in [0.25, 0.3) is 5.91 Å². The highest BCUT2D eigenvalue weighted by Gasteiger charge is 2.24. The summed E-state index contributed by atoms with van der Waals surface area (Å²) >= 11 is 0. The van der Waals surface area contributed by atoms with E-state index in [1.165, 1.54) is 19.2 Å². The Morgan fingerprint density at radius 3 is 2.67 bits per heavy atom. The van der Waals surface area contributed by atoms with Crippen LogP contribution < -0.4 is 20.5 Å². The maximum absolute atomic E-state index is 14.4. The fourth-order valence-corrected chi connectivity index (χ4v) is 2.75. The van der Waals surface area contributed by atoms with Crippen LogP contribution in [0.15, 0.2) is 36.4 Å². The molecule has 0 aliphatic carbocycles. The van der Waals surface area contributed by atoms with Gasteiger partial charge in [-0.2, -0.15) is 0 Å². The second-order valence-electron chi connectivity index (χ2n) is 6.25. The second kappa shape index (κ2) is 11.1. The van der Waals surface area contributed by atoms with E-state index >= 15 is 0 Å². The number of halogens is 1. The predicted octanol–water partition coefficient (Wildman–Crippen LogP) is 1.88. The third kappa shape index (κ3) is 5.91. The maximum atomic E-state index is 14.4. The van der Waals surface area contributed by atoms with Crippen molar-refractivity contribution in [2.24, 2.45) is 5.73 Å². The number of amidine groups is 1. The van der Waals surface area contributed by atoms with Crippen molar-refractivity contribution in [2.75, 3.05) is 26.9 Å². The van der Waals surface area contributed by atoms with Gasteiger partial charge in [0.15, 0.2) is 6.10 Å². The van der Waals surface area contributed by atoms with Crippen LogP contribution in [0.1, 0.15) is 29.7 Å². The molecule has 0 aromatic heterocycles. The van der Waals surface area contributed by atoms with Gasteiger partial charge in [0.2, 0.25) is 0 Å². The van der Waals surface area contributed by atoms with E-state index in [1.807, 2.05) is 0 Å². The van der Waals surface area contributed by atoms with Crippen LogP contribution in [0.4, 0.5) is 4.39 Å². The summed E-state index contributed by atoms with van der Waals surface area (Å²) < 4.78 is 30.4. The molecule has 0 aliphatic heterocycles. The fraction of sp³-hybridized carbons (Fsp3) is 0.333. The van der Waals surface area contributed by atoms with E-state index in [2.05, 4.69) is 5.32 Å². The van der Waals surface area contributed by atoms with Gasteiger partial charge < -0.3 is 30.4 Å². The number of carbonyl (C=O) groups is 1. The number of rotatable bonds is 11. The van der Waals surface area contributed by atoms with E-state index in [0.717, 1.165) is 0 Å². The first kappa shape index (κ1) is 23.1. The standard InChI is InChI=1S/C21H26FN3O5/c1-3-29-19(16-7-6-15(28-2)11-17(16)22)21(27)25-12-14-5-4-13(20(23)24)10-18(14)30-9-8-26/h4-7,10-11,19,26H,3,8-9,12H2,1-2H3,(H3,23,24)(H,25,27)/t19-/m0/s1. The summed E-state index contributed by atoms with van der Waals surface area (Å²) in [5, 5.41) is 19.3. The molecule has 0 bridgehead atoms. The van der Waals surface area contributed by atoms with Gasteiger partial charge in [0, 0.05) is 35.9 Å². The molecule has 9 heteroatoms. The van der Waals surface area contributed by atoms with Gasteiger partial charge in [-0.3, -0.25) is 10.2 Å². The Morgan fingerprint density at radius 1 is 1.30 bits per heavy atom. The zero-order chi connectivity index (χ0) is 22.1. The molecule has 0 unspecified atom stereocenters. The number of benzene rings is 2. The molecule has 0 spiro atoms. The molecular weight excluding hydrogens is 393 g/mol. The Labute approximate surface area is 174 Å². The highest BCUT2D eigenvalue weighted by molar-refractivity contribution is 5.95. The zero-order valence-corrected chi connectivity index (χ0v) is 16.9.